The van der Waals surface area contributed by atoms with E-state index >= 15 is 0 Å². The molecule has 19 heavy (non-hydrogen) atoms. The van der Waals surface area contributed by atoms with Crippen LogP contribution in [-0.2, 0) is 4.79 Å². The second-order valence-corrected chi connectivity index (χ2v) is 4.50. The number of carbonyl (C=O) groups excluding carboxylic acids is 1. The van der Waals surface area contributed by atoms with Gasteiger partial charge in [0.25, 0.3) is 0 Å². The molecule has 7 nitrogen and oxygen atoms in total. The number of carbonyl (C=O) groups is 1. The van der Waals surface area contributed by atoms with Crippen LogP contribution < -0.4 is 10.6 Å². The van der Waals surface area contributed by atoms with Crippen molar-refractivity contribution in [3.63, 3.8) is 0 Å². The van der Waals surface area contributed by atoms with Crippen LogP contribution in [-0.4, -0.2) is 38.7 Å². The highest BCUT2D eigenvalue weighted by Crippen LogP contribution is 2.18. The van der Waals surface area contributed by atoms with Gasteiger partial charge in [0.2, 0.25) is 5.91 Å². The van der Waals surface area contributed by atoms with Crippen molar-refractivity contribution in [2.24, 2.45) is 0 Å². The number of nitrogens with zero attached hydrogens (tertiary/aromatic N) is 4. The molecule has 0 radical (unpaired) electrons. The zero-order valence-corrected chi connectivity index (χ0v) is 10.3. The molecule has 1 amide bonds. The minimum absolute atomic E-state index is 0.0259. The minimum Gasteiger partial charge on any atom is -0.325 e. The maximum absolute atomic E-state index is 11.6. The Morgan fingerprint density at radius 1 is 1.32 bits per heavy atom. The average Bonchev–Trinajstić information content (AvgIpc) is 3.10. The molecule has 0 spiro atoms. The van der Waals surface area contributed by atoms with Crippen molar-refractivity contribution < 1.29 is 4.79 Å². The highest BCUT2D eigenvalue weighted by molar-refractivity contribution is 5.92. The molecule has 1 fully saturated rings. The number of rotatable bonds is 5. The summed E-state index contributed by atoms with van der Waals surface area (Å²) >= 11 is 0. The van der Waals surface area contributed by atoms with Crippen LogP contribution in [0.3, 0.4) is 0 Å². The molecule has 1 heterocycles. The van der Waals surface area contributed by atoms with E-state index in [-0.39, 0.29) is 5.91 Å². The van der Waals surface area contributed by atoms with Crippen LogP contribution in [0.5, 0.6) is 0 Å². The standard InChI is InChI=1S/C12H14N6O/c19-12(7-13-9-1-2-9)15-10-3-5-11(6-4-10)18-8-14-16-17-18/h3-6,8-9,13H,1-2,7H2,(H,15,19). The van der Waals surface area contributed by atoms with E-state index in [2.05, 4.69) is 26.2 Å². The number of anilines is 1. The van der Waals surface area contributed by atoms with E-state index in [1.54, 1.807) is 4.68 Å². The van der Waals surface area contributed by atoms with E-state index < -0.39 is 0 Å². The first-order valence-corrected chi connectivity index (χ1v) is 6.18. The predicted molar refractivity (Wildman–Crippen MR) is 68.8 cm³/mol. The van der Waals surface area contributed by atoms with Gasteiger partial charge in [0.1, 0.15) is 6.33 Å². The molecule has 7 heteroatoms. The van der Waals surface area contributed by atoms with Crippen molar-refractivity contribution >= 4 is 11.6 Å². The summed E-state index contributed by atoms with van der Waals surface area (Å²) in [6.45, 7) is 0.361. The summed E-state index contributed by atoms with van der Waals surface area (Å²) in [6.07, 6.45) is 3.87. The molecule has 1 saturated carbocycles. The first kappa shape index (κ1) is 11.8. The summed E-state index contributed by atoms with van der Waals surface area (Å²) < 4.78 is 1.56. The Kier molecular flexibility index (Phi) is 3.20. The van der Waals surface area contributed by atoms with E-state index in [0.29, 0.717) is 12.6 Å². The minimum atomic E-state index is -0.0259. The topological polar surface area (TPSA) is 84.7 Å². The van der Waals surface area contributed by atoms with Crippen LogP contribution in [0.15, 0.2) is 30.6 Å². The molecule has 1 aromatic carbocycles. The highest BCUT2D eigenvalue weighted by Gasteiger charge is 2.21. The Balaban J connectivity index is 1.57. The van der Waals surface area contributed by atoms with Gasteiger partial charge in [0.15, 0.2) is 0 Å². The highest BCUT2D eigenvalue weighted by atomic mass is 16.1. The number of nitrogens with one attached hydrogen (secondary N) is 2. The Bertz CT molecular complexity index is 546. The van der Waals surface area contributed by atoms with Gasteiger partial charge in [-0.25, -0.2) is 4.68 Å². The van der Waals surface area contributed by atoms with Crippen molar-refractivity contribution in [1.82, 2.24) is 25.5 Å². The maximum atomic E-state index is 11.6. The molecule has 1 aliphatic rings. The molecule has 1 aromatic heterocycles. The SMILES string of the molecule is O=C(CNC1CC1)Nc1ccc(-n2cnnn2)cc1. The Hall–Kier alpha value is -2.28. The van der Waals surface area contributed by atoms with Gasteiger partial charge < -0.3 is 10.6 Å². The fourth-order valence-electron chi connectivity index (χ4n) is 1.71. The maximum Gasteiger partial charge on any atom is 0.238 e. The van der Waals surface area contributed by atoms with Gasteiger partial charge in [-0.05, 0) is 47.5 Å². The van der Waals surface area contributed by atoms with Gasteiger partial charge in [-0.2, -0.15) is 0 Å². The largest absolute Gasteiger partial charge is 0.325 e. The number of hydrogen-bond acceptors (Lipinski definition) is 5. The van der Waals surface area contributed by atoms with Crippen LogP contribution in [0.1, 0.15) is 12.8 Å². The number of hydrogen-bond donors (Lipinski definition) is 2. The van der Waals surface area contributed by atoms with E-state index in [0.717, 1.165) is 11.4 Å². The number of benzene rings is 1. The molecular weight excluding hydrogens is 244 g/mol. The van der Waals surface area contributed by atoms with Crippen molar-refractivity contribution in [2.75, 3.05) is 11.9 Å². The first-order valence-electron chi connectivity index (χ1n) is 6.18. The van der Waals surface area contributed by atoms with Crippen LogP contribution in [0.25, 0.3) is 5.69 Å². The second kappa shape index (κ2) is 5.15. The summed E-state index contributed by atoms with van der Waals surface area (Å²) in [5.74, 6) is -0.0259. The number of amides is 1. The molecule has 3 rings (SSSR count). The molecule has 2 aromatic rings. The normalized spacial score (nSPS) is 14.3. The lowest BCUT2D eigenvalue weighted by Crippen LogP contribution is -2.29. The predicted octanol–water partition coefficient (Wildman–Crippen LogP) is 0.353. The number of aromatic nitrogens is 4. The quantitative estimate of drug-likeness (QED) is 0.808. The van der Waals surface area contributed by atoms with Crippen LogP contribution in [0.4, 0.5) is 5.69 Å². The average molecular weight is 258 g/mol. The Morgan fingerprint density at radius 3 is 2.74 bits per heavy atom. The monoisotopic (exact) mass is 258 g/mol. The van der Waals surface area contributed by atoms with Gasteiger partial charge in [-0.1, -0.05) is 0 Å². The van der Waals surface area contributed by atoms with E-state index in [1.807, 2.05) is 24.3 Å². The van der Waals surface area contributed by atoms with E-state index in [4.69, 9.17) is 0 Å². The zero-order chi connectivity index (χ0) is 13.1. The third-order valence-electron chi connectivity index (χ3n) is 2.89. The van der Waals surface area contributed by atoms with Gasteiger partial charge in [0, 0.05) is 11.7 Å². The molecule has 0 atom stereocenters. The third kappa shape index (κ3) is 3.14. The molecule has 2 N–H and O–H groups in total. The molecule has 0 saturated heterocycles. The molecule has 98 valence electrons. The summed E-state index contributed by atoms with van der Waals surface area (Å²) in [7, 11) is 0. The van der Waals surface area contributed by atoms with Gasteiger partial charge >= 0.3 is 0 Å². The van der Waals surface area contributed by atoms with Crippen LogP contribution in [0, 0.1) is 0 Å². The first-order chi connectivity index (χ1) is 9.31. The summed E-state index contributed by atoms with van der Waals surface area (Å²) in [4.78, 5) is 11.6. The lowest BCUT2D eigenvalue weighted by atomic mass is 10.3. The molecule has 0 aliphatic heterocycles. The van der Waals surface area contributed by atoms with Gasteiger partial charge in [0.05, 0.1) is 12.2 Å². The second-order valence-electron chi connectivity index (χ2n) is 4.50. The molecular formula is C12H14N6O. The summed E-state index contributed by atoms with van der Waals surface area (Å²) in [6, 6.07) is 7.88. The fourth-order valence-corrected chi connectivity index (χ4v) is 1.71. The molecule has 0 bridgehead atoms. The van der Waals surface area contributed by atoms with Crippen molar-refractivity contribution in [3.05, 3.63) is 30.6 Å². The summed E-state index contributed by atoms with van der Waals surface area (Å²) in [5, 5.41) is 16.9. The van der Waals surface area contributed by atoms with Crippen molar-refractivity contribution in [1.29, 1.82) is 0 Å². The van der Waals surface area contributed by atoms with E-state index in [9.17, 15) is 4.79 Å². The third-order valence-corrected chi connectivity index (χ3v) is 2.89. The molecule has 0 unspecified atom stereocenters. The lowest BCUT2D eigenvalue weighted by molar-refractivity contribution is -0.115. The number of tetrazole rings is 1. The van der Waals surface area contributed by atoms with Crippen LogP contribution in [0.2, 0.25) is 0 Å². The van der Waals surface area contributed by atoms with Gasteiger partial charge in [-0.15, -0.1) is 5.10 Å². The Labute approximate surface area is 110 Å². The van der Waals surface area contributed by atoms with Gasteiger partial charge in [-0.3, -0.25) is 4.79 Å². The fraction of sp³-hybridized carbons (Fsp3) is 0.333. The zero-order valence-electron chi connectivity index (χ0n) is 10.3. The van der Waals surface area contributed by atoms with E-state index in [1.165, 1.54) is 19.2 Å². The molecule has 1 aliphatic carbocycles. The summed E-state index contributed by atoms with van der Waals surface area (Å²) in [5.41, 5.74) is 1.61. The smallest absolute Gasteiger partial charge is 0.238 e. The Morgan fingerprint density at radius 2 is 2.11 bits per heavy atom. The lowest BCUT2D eigenvalue weighted by Gasteiger charge is -2.06. The van der Waals surface area contributed by atoms with Crippen molar-refractivity contribution in [2.45, 2.75) is 18.9 Å². The van der Waals surface area contributed by atoms with Crippen LogP contribution >= 0.6 is 0 Å². The van der Waals surface area contributed by atoms with Crippen molar-refractivity contribution in [3.8, 4) is 5.69 Å².